The minimum Gasteiger partial charge on any atom is -0.484 e. The molecule has 7 heteroatoms. The number of ether oxygens (including phenoxy) is 1. The van der Waals surface area contributed by atoms with Crippen molar-refractivity contribution in [1.29, 1.82) is 0 Å². The smallest absolute Gasteiger partial charge is 0.241 e. The zero-order valence-electron chi connectivity index (χ0n) is 11.1. The fraction of sp³-hybridized carbons (Fsp3) is 0.143. The van der Waals surface area contributed by atoms with Crippen LogP contribution in [0.2, 0.25) is 0 Å². The highest BCUT2D eigenvalue weighted by Gasteiger charge is 2.21. The zero-order valence-corrected chi connectivity index (χ0v) is 12.0. The van der Waals surface area contributed by atoms with Crippen LogP contribution in [0.25, 0.3) is 0 Å². The minimum absolute atomic E-state index is 0.0578. The molecular formula is C14H13F2NO3S. The molecule has 0 aliphatic carbocycles. The van der Waals surface area contributed by atoms with Crippen LogP contribution < -0.4 is 9.88 Å². The van der Waals surface area contributed by atoms with Gasteiger partial charge in [0.05, 0.1) is 0 Å². The average Bonchev–Trinajstić information content (AvgIpc) is 2.37. The minimum atomic E-state index is -4.30. The summed E-state index contributed by atoms with van der Waals surface area (Å²) in [6.07, 6.45) is 0. The molecule has 0 saturated heterocycles. The Balaban J connectivity index is 2.39. The average molecular weight is 313 g/mol. The fourth-order valence-electron chi connectivity index (χ4n) is 1.81. The summed E-state index contributed by atoms with van der Waals surface area (Å²) in [6.45, 7) is 1.78. The third-order valence-electron chi connectivity index (χ3n) is 2.91. The van der Waals surface area contributed by atoms with Crippen molar-refractivity contribution in [2.45, 2.75) is 18.4 Å². The molecule has 0 aliphatic rings. The number of sulfonamides is 1. The molecule has 0 radical (unpaired) electrons. The van der Waals surface area contributed by atoms with Crippen LogP contribution in [0.1, 0.15) is 11.1 Å². The molecule has 0 fully saturated rings. The number of nitrogens with two attached hydrogens (primary N) is 1. The largest absolute Gasteiger partial charge is 0.484 e. The third-order valence-corrected chi connectivity index (χ3v) is 3.83. The maximum absolute atomic E-state index is 13.8. The molecule has 0 spiro atoms. The molecule has 0 amide bonds. The van der Waals surface area contributed by atoms with Crippen molar-refractivity contribution in [3.05, 3.63) is 59.2 Å². The Morgan fingerprint density at radius 1 is 1.19 bits per heavy atom. The Labute approximate surface area is 121 Å². The zero-order chi connectivity index (χ0) is 15.6. The lowest BCUT2D eigenvalue weighted by Crippen LogP contribution is -2.15. The van der Waals surface area contributed by atoms with Crippen LogP contribution in [0.3, 0.4) is 0 Å². The van der Waals surface area contributed by atoms with Gasteiger partial charge in [0.1, 0.15) is 17.3 Å². The summed E-state index contributed by atoms with van der Waals surface area (Å²) in [7, 11) is -4.30. The van der Waals surface area contributed by atoms with E-state index in [9.17, 15) is 17.2 Å². The van der Waals surface area contributed by atoms with Crippen LogP contribution in [0.15, 0.2) is 41.3 Å². The number of rotatable bonds is 4. The van der Waals surface area contributed by atoms with Crippen molar-refractivity contribution < 1.29 is 21.9 Å². The summed E-state index contributed by atoms with van der Waals surface area (Å²) in [6, 6.07) is 8.36. The first-order valence-corrected chi connectivity index (χ1v) is 7.53. The monoisotopic (exact) mass is 313 g/mol. The normalized spacial score (nSPS) is 11.4. The lowest BCUT2D eigenvalue weighted by Gasteiger charge is -2.12. The molecule has 0 aromatic heterocycles. The first kappa shape index (κ1) is 15.4. The van der Waals surface area contributed by atoms with Gasteiger partial charge in [-0.05, 0) is 24.1 Å². The molecule has 112 valence electrons. The van der Waals surface area contributed by atoms with E-state index in [4.69, 9.17) is 9.88 Å². The van der Waals surface area contributed by atoms with Gasteiger partial charge in [0, 0.05) is 6.07 Å². The molecule has 0 aliphatic heterocycles. The van der Waals surface area contributed by atoms with Crippen molar-refractivity contribution in [3.63, 3.8) is 0 Å². The lowest BCUT2D eigenvalue weighted by atomic mass is 10.1. The number of benzene rings is 2. The molecular weight excluding hydrogens is 300 g/mol. The van der Waals surface area contributed by atoms with Gasteiger partial charge >= 0.3 is 0 Å². The van der Waals surface area contributed by atoms with E-state index in [2.05, 4.69) is 0 Å². The second-order valence-corrected chi connectivity index (χ2v) is 6.00. The number of primary sulfonamides is 1. The first-order chi connectivity index (χ1) is 9.79. The second kappa shape index (κ2) is 5.79. The van der Waals surface area contributed by atoms with Crippen molar-refractivity contribution in [2.24, 2.45) is 5.14 Å². The van der Waals surface area contributed by atoms with Crippen molar-refractivity contribution in [1.82, 2.24) is 0 Å². The van der Waals surface area contributed by atoms with Crippen LogP contribution in [0.4, 0.5) is 8.78 Å². The van der Waals surface area contributed by atoms with Crippen LogP contribution in [-0.4, -0.2) is 8.42 Å². The van der Waals surface area contributed by atoms with Crippen LogP contribution in [0.5, 0.6) is 5.75 Å². The molecule has 21 heavy (non-hydrogen) atoms. The van der Waals surface area contributed by atoms with E-state index in [0.717, 1.165) is 11.1 Å². The molecule has 0 unspecified atom stereocenters. The van der Waals surface area contributed by atoms with Crippen LogP contribution >= 0.6 is 0 Å². The molecule has 2 rings (SSSR count). The molecule has 2 aromatic carbocycles. The highest BCUT2D eigenvalue weighted by Crippen LogP contribution is 2.28. The summed E-state index contributed by atoms with van der Waals surface area (Å²) in [4.78, 5) is -0.714. The highest BCUT2D eigenvalue weighted by molar-refractivity contribution is 7.89. The van der Waals surface area contributed by atoms with Gasteiger partial charge < -0.3 is 4.74 Å². The number of hydrogen-bond donors (Lipinski definition) is 1. The van der Waals surface area contributed by atoms with E-state index in [1.807, 2.05) is 19.1 Å². The molecule has 4 nitrogen and oxygen atoms in total. The summed E-state index contributed by atoms with van der Waals surface area (Å²) in [5, 5.41) is 4.95. The molecule has 0 atom stereocenters. The maximum Gasteiger partial charge on any atom is 0.241 e. The van der Waals surface area contributed by atoms with Gasteiger partial charge in [-0.25, -0.2) is 22.3 Å². The van der Waals surface area contributed by atoms with E-state index in [1.165, 1.54) is 0 Å². The standard InChI is InChI=1S/C14H13F2NO3S/c1-9-4-2-3-5-10(9)8-20-14-12(16)6-11(15)7-13(14)21(17,18)19/h2-7H,8H2,1H3,(H2,17,18,19). The predicted octanol–water partition coefficient (Wildman–Crippen LogP) is 2.50. The van der Waals surface area contributed by atoms with E-state index >= 15 is 0 Å². The Bertz CT molecular complexity index is 776. The third kappa shape index (κ3) is 3.56. The number of aryl methyl sites for hydroxylation is 1. The Morgan fingerprint density at radius 2 is 1.86 bits per heavy atom. The SMILES string of the molecule is Cc1ccccc1COc1c(F)cc(F)cc1S(N)(=O)=O. The first-order valence-electron chi connectivity index (χ1n) is 5.98. The molecule has 0 bridgehead atoms. The van der Waals surface area contributed by atoms with Crippen molar-refractivity contribution >= 4 is 10.0 Å². The van der Waals surface area contributed by atoms with Gasteiger partial charge in [-0.2, -0.15) is 0 Å². The number of halogens is 2. The molecule has 2 aromatic rings. The fourth-order valence-corrected chi connectivity index (χ4v) is 2.50. The predicted molar refractivity (Wildman–Crippen MR) is 73.2 cm³/mol. The van der Waals surface area contributed by atoms with E-state index < -0.39 is 32.3 Å². The van der Waals surface area contributed by atoms with E-state index in [0.29, 0.717) is 12.1 Å². The molecule has 0 heterocycles. The van der Waals surface area contributed by atoms with Gasteiger partial charge in [-0.1, -0.05) is 24.3 Å². The lowest BCUT2D eigenvalue weighted by molar-refractivity contribution is 0.279. The van der Waals surface area contributed by atoms with Gasteiger partial charge in [0.2, 0.25) is 10.0 Å². The quantitative estimate of drug-likeness (QED) is 0.943. The topological polar surface area (TPSA) is 69.4 Å². The van der Waals surface area contributed by atoms with Crippen LogP contribution in [-0.2, 0) is 16.6 Å². The Hall–Kier alpha value is -1.99. The molecule has 2 N–H and O–H groups in total. The van der Waals surface area contributed by atoms with Gasteiger partial charge in [0.25, 0.3) is 0 Å². The highest BCUT2D eigenvalue weighted by atomic mass is 32.2. The Kier molecular flexibility index (Phi) is 4.24. The van der Waals surface area contributed by atoms with E-state index in [1.54, 1.807) is 12.1 Å². The van der Waals surface area contributed by atoms with E-state index in [-0.39, 0.29) is 6.61 Å². The molecule has 0 saturated carbocycles. The van der Waals surface area contributed by atoms with Crippen molar-refractivity contribution in [3.8, 4) is 5.75 Å². The van der Waals surface area contributed by atoms with Gasteiger partial charge in [0.15, 0.2) is 11.6 Å². The number of hydrogen-bond acceptors (Lipinski definition) is 3. The summed E-state index contributed by atoms with van der Waals surface area (Å²) >= 11 is 0. The Morgan fingerprint density at radius 3 is 2.48 bits per heavy atom. The maximum atomic E-state index is 13.8. The summed E-state index contributed by atoms with van der Waals surface area (Å²) < 4.78 is 54.9. The second-order valence-electron chi connectivity index (χ2n) is 4.48. The van der Waals surface area contributed by atoms with Gasteiger partial charge in [-0.3, -0.25) is 0 Å². The van der Waals surface area contributed by atoms with Crippen molar-refractivity contribution in [2.75, 3.05) is 0 Å². The summed E-state index contributed by atoms with van der Waals surface area (Å²) in [5.74, 6) is -2.74. The summed E-state index contributed by atoms with van der Waals surface area (Å²) in [5.41, 5.74) is 1.65. The van der Waals surface area contributed by atoms with Crippen LogP contribution in [0, 0.1) is 18.6 Å². The van der Waals surface area contributed by atoms with Gasteiger partial charge in [-0.15, -0.1) is 0 Å².